The smallest absolute Gasteiger partial charge is 0.185 e. The molecule has 0 spiro atoms. The topological polar surface area (TPSA) is 107 Å². The quantitative estimate of drug-likeness (QED) is 0.363. The van der Waals surface area contributed by atoms with Crippen molar-refractivity contribution in [3.8, 4) is 0 Å². The molecule has 0 aromatic carbocycles. The van der Waals surface area contributed by atoms with Gasteiger partial charge >= 0.3 is 0 Å². The second-order valence-electron chi connectivity index (χ2n) is 2.52. The number of hydrogen-bond donors (Lipinski definition) is 3. The monoisotopic (exact) mass is 172 g/mol. The molecular formula is C7H16N4O. The zero-order chi connectivity index (χ0) is 9.56. The zero-order valence-corrected chi connectivity index (χ0v) is 7.29. The van der Waals surface area contributed by atoms with Gasteiger partial charge in [0.2, 0.25) is 0 Å². The summed E-state index contributed by atoms with van der Waals surface area (Å²) in [6, 6.07) is -0.432. The van der Waals surface area contributed by atoms with Crippen molar-refractivity contribution in [3.05, 3.63) is 0 Å². The standard InChI is InChI=1S/C7H16N4O/c1-2-6(12)5(8)3-4-11-7(9)10/h5H,2-4,8H2,1H3,(H4,9,10,11)/t5-/m0/s1. The normalized spacial score (nSPS) is 12.2. The van der Waals surface area contributed by atoms with Gasteiger partial charge in [0, 0.05) is 13.0 Å². The number of ketones is 1. The molecule has 12 heavy (non-hydrogen) atoms. The van der Waals surface area contributed by atoms with Crippen molar-refractivity contribution in [3.63, 3.8) is 0 Å². The number of guanidine groups is 1. The first-order valence-electron chi connectivity index (χ1n) is 3.91. The van der Waals surface area contributed by atoms with Gasteiger partial charge in [-0.25, -0.2) is 0 Å². The maximum absolute atomic E-state index is 11.0. The highest BCUT2D eigenvalue weighted by atomic mass is 16.1. The predicted octanol–water partition coefficient (Wildman–Crippen LogP) is -1.04. The van der Waals surface area contributed by atoms with Gasteiger partial charge in [-0.2, -0.15) is 0 Å². The van der Waals surface area contributed by atoms with Crippen molar-refractivity contribution in [2.45, 2.75) is 25.8 Å². The fraction of sp³-hybridized carbons (Fsp3) is 0.714. The Morgan fingerprint density at radius 3 is 2.50 bits per heavy atom. The molecule has 0 fully saturated rings. The Labute approximate surface area is 72.0 Å². The first-order valence-corrected chi connectivity index (χ1v) is 3.91. The van der Waals surface area contributed by atoms with Crippen LogP contribution in [0.3, 0.4) is 0 Å². The van der Waals surface area contributed by atoms with E-state index in [4.69, 9.17) is 17.2 Å². The highest BCUT2D eigenvalue weighted by molar-refractivity contribution is 5.83. The Hall–Kier alpha value is -1.10. The summed E-state index contributed by atoms with van der Waals surface area (Å²) in [6.07, 6.45) is 0.966. The van der Waals surface area contributed by atoms with E-state index in [0.29, 0.717) is 19.4 Å². The molecule has 5 nitrogen and oxygen atoms in total. The Morgan fingerprint density at radius 1 is 1.50 bits per heavy atom. The third-order valence-corrected chi connectivity index (χ3v) is 1.50. The van der Waals surface area contributed by atoms with Gasteiger partial charge in [-0.15, -0.1) is 0 Å². The highest BCUT2D eigenvalue weighted by Gasteiger charge is 2.09. The number of carbonyl (C=O) groups excluding carboxylic acids is 1. The molecule has 0 heterocycles. The molecule has 5 heteroatoms. The largest absolute Gasteiger partial charge is 0.370 e. The zero-order valence-electron chi connectivity index (χ0n) is 7.29. The van der Waals surface area contributed by atoms with Crippen molar-refractivity contribution < 1.29 is 4.79 Å². The second-order valence-corrected chi connectivity index (χ2v) is 2.52. The summed E-state index contributed by atoms with van der Waals surface area (Å²) >= 11 is 0. The number of nitrogens with zero attached hydrogens (tertiary/aromatic N) is 1. The molecule has 0 amide bonds. The van der Waals surface area contributed by atoms with Crippen molar-refractivity contribution in [1.29, 1.82) is 0 Å². The van der Waals surface area contributed by atoms with E-state index >= 15 is 0 Å². The number of nitrogens with two attached hydrogens (primary N) is 3. The first kappa shape index (κ1) is 10.9. The van der Waals surface area contributed by atoms with Gasteiger partial charge in [-0.05, 0) is 6.42 Å². The maximum atomic E-state index is 11.0. The molecule has 0 saturated carbocycles. The third kappa shape index (κ3) is 4.68. The minimum absolute atomic E-state index is 0.0335. The van der Waals surface area contributed by atoms with E-state index in [0.717, 1.165) is 0 Å². The lowest BCUT2D eigenvalue weighted by Crippen LogP contribution is -2.31. The summed E-state index contributed by atoms with van der Waals surface area (Å²) < 4.78 is 0. The fourth-order valence-electron chi connectivity index (χ4n) is 0.756. The minimum atomic E-state index is -0.432. The van der Waals surface area contributed by atoms with Crippen LogP contribution in [0.25, 0.3) is 0 Å². The van der Waals surface area contributed by atoms with Crippen LogP contribution in [0.15, 0.2) is 4.99 Å². The lowest BCUT2D eigenvalue weighted by Gasteiger charge is -2.06. The van der Waals surface area contributed by atoms with Crippen LogP contribution >= 0.6 is 0 Å². The van der Waals surface area contributed by atoms with E-state index in [-0.39, 0.29) is 11.7 Å². The number of carbonyl (C=O) groups is 1. The maximum Gasteiger partial charge on any atom is 0.185 e. The average molecular weight is 172 g/mol. The van der Waals surface area contributed by atoms with Crippen LogP contribution in [0.4, 0.5) is 0 Å². The van der Waals surface area contributed by atoms with Crippen molar-refractivity contribution in [2.75, 3.05) is 6.54 Å². The van der Waals surface area contributed by atoms with Crippen LogP contribution in [-0.4, -0.2) is 24.3 Å². The van der Waals surface area contributed by atoms with Gasteiger partial charge in [0.25, 0.3) is 0 Å². The predicted molar refractivity (Wildman–Crippen MR) is 48.6 cm³/mol. The van der Waals surface area contributed by atoms with Crippen LogP contribution in [-0.2, 0) is 4.79 Å². The Kier molecular flexibility index (Phi) is 5.03. The molecule has 0 aliphatic heterocycles. The van der Waals surface area contributed by atoms with Gasteiger partial charge in [0.15, 0.2) is 5.96 Å². The summed E-state index contributed by atoms with van der Waals surface area (Å²) in [5.41, 5.74) is 15.7. The SMILES string of the molecule is CCC(=O)[C@@H](N)CCN=C(N)N. The minimum Gasteiger partial charge on any atom is -0.370 e. The highest BCUT2D eigenvalue weighted by Crippen LogP contribution is 1.93. The van der Waals surface area contributed by atoms with Crippen molar-refractivity contribution in [1.82, 2.24) is 0 Å². The summed E-state index contributed by atoms with van der Waals surface area (Å²) in [7, 11) is 0. The second kappa shape index (κ2) is 5.54. The summed E-state index contributed by atoms with van der Waals surface area (Å²) in [5, 5.41) is 0. The first-order chi connectivity index (χ1) is 5.57. The van der Waals surface area contributed by atoms with Gasteiger partial charge in [-0.3, -0.25) is 9.79 Å². The lowest BCUT2D eigenvalue weighted by atomic mass is 10.1. The molecule has 0 aliphatic carbocycles. The van der Waals surface area contributed by atoms with Crippen LogP contribution in [0.1, 0.15) is 19.8 Å². The average Bonchev–Trinajstić information content (AvgIpc) is 2.02. The van der Waals surface area contributed by atoms with Crippen LogP contribution < -0.4 is 17.2 Å². The fourth-order valence-corrected chi connectivity index (χ4v) is 0.756. The van der Waals surface area contributed by atoms with E-state index in [1.807, 2.05) is 0 Å². The van der Waals surface area contributed by atoms with Gasteiger partial charge < -0.3 is 17.2 Å². The molecule has 0 aliphatic rings. The molecule has 0 unspecified atom stereocenters. The van der Waals surface area contributed by atoms with Crippen LogP contribution in [0.5, 0.6) is 0 Å². The van der Waals surface area contributed by atoms with Gasteiger partial charge in [0.05, 0.1) is 6.04 Å². The number of Topliss-reactive ketones (excluding diaryl/α,β-unsaturated/α-hetero) is 1. The van der Waals surface area contributed by atoms with E-state index in [2.05, 4.69) is 4.99 Å². The molecule has 70 valence electrons. The molecule has 0 saturated heterocycles. The van der Waals surface area contributed by atoms with Crippen molar-refractivity contribution >= 4 is 11.7 Å². The summed E-state index contributed by atoms with van der Waals surface area (Å²) in [6.45, 7) is 2.19. The van der Waals surface area contributed by atoms with Crippen LogP contribution in [0, 0.1) is 0 Å². The number of hydrogen-bond acceptors (Lipinski definition) is 3. The van der Waals surface area contributed by atoms with Gasteiger partial charge in [-0.1, -0.05) is 6.92 Å². The Balaban J connectivity index is 3.64. The number of aliphatic imine (C=N–C) groups is 1. The van der Waals surface area contributed by atoms with Crippen LogP contribution in [0.2, 0.25) is 0 Å². The van der Waals surface area contributed by atoms with Crippen molar-refractivity contribution in [2.24, 2.45) is 22.2 Å². The summed E-state index contributed by atoms with van der Waals surface area (Å²) in [5.74, 6) is 0.0759. The molecule has 1 atom stereocenters. The Bertz CT molecular complexity index is 174. The molecule has 0 aromatic heterocycles. The van der Waals surface area contributed by atoms with E-state index in [1.165, 1.54) is 0 Å². The lowest BCUT2D eigenvalue weighted by molar-refractivity contribution is -0.120. The van der Waals surface area contributed by atoms with E-state index < -0.39 is 6.04 Å². The molecule has 0 rings (SSSR count). The van der Waals surface area contributed by atoms with E-state index in [9.17, 15) is 4.79 Å². The Morgan fingerprint density at radius 2 is 2.08 bits per heavy atom. The van der Waals surface area contributed by atoms with E-state index in [1.54, 1.807) is 6.92 Å². The molecule has 0 bridgehead atoms. The number of rotatable bonds is 5. The summed E-state index contributed by atoms with van der Waals surface area (Å²) in [4.78, 5) is 14.7. The van der Waals surface area contributed by atoms with Gasteiger partial charge in [0.1, 0.15) is 5.78 Å². The third-order valence-electron chi connectivity index (χ3n) is 1.50. The molecule has 0 radical (unpaired) electrons. The molecule has 6 N–H and O–H groups in total. The molecule has 0 aromatic rings. The molecular weight excluding hydrogens is 156 g/mol.